The van der Waals surface area contributed by atoms with E-state index in [1.165, 1.54) is 0 Å². The first-order valence-corrected chi connectivity index (χ1v) is 5.82. The van der Waals surface area contributed by atoms with Gasteiger partial charge < -0.3 is 5.11 Å². The third kappa shape index (κ3) is 4.95. The Balaban J connectivity index is 2.70. The monoisotopic (exact) mass is 246 g/mol. The van der Waals surface area contributed by atoms with Crippen molar-refractivity contribution in [3.05, 3.63) is 53.6 Å². The zero-order valence-corrected chi connectivity index (χ0v) is 10.2. The third-order valence-electron chi connectivity index (χ3n) is 2.41. The summed E-state index contributed by atoms with van der Waals surface area (Å²) in [5, 5.41) is 8.76. The van der Waals surface area contributed by atoms with Gasteiger partial charge in [0.15, 0.2) is 0 Å². The Morgan fingerprint density at radius 2 is 2.06 bits per heavy atom. The number of nitrogens with one attached hydrogen (secondary N) is 1. The molecule has 0 saturated carbocycles. The lowest BCUT2D eigenvalue weighted by Gasteiger charge is -2.03. The fraction of sp³-hybridized carbons (Fsp3) is 0.214. The topological polar surface area (TPSA) is 75.3 Å². The van der Waals surface area contributed by atoms with Gasteiger partial charge in [-0.05, 0) is 18.4 Å². The molecule has 1 amide bonds. The van der Waals surface area contributed by atoms with Crippen LogP contribution in [-0.2, 0) is 4.79 Å². The molecule has 0 fully saturated rings. The molecule has 0 aliphatic carbocycles. The first-order valence-electron chi connectivity index (χ1n) is 5.82. The van der Waals surface area contributed by atoms with Crippen molar-refractivity contribution in [2.45, 2.75) is 12.8 Å². The van der Waals surface area contributed by atoms with E-state index < -0.39 is 0 Å². The maximum Gasteiger partial charge on any atom is 0.261 e. The first kappa shape index (κ1) is 14.2. The zero-order valence-electron chi connectivity index (χ0n) is 10.2. The van der Waals surface area contributed by atoms with Gasteiger partial charge in [0.25, 0.3) is 5.91 Å². The number of hydrogen-bond donors (Lipinski definition) is 3. The smallest absolute Gasteiger partial charge is 0.261 e. The van der Waals surface area contributed by atoms with Crippen molar-refractivity contribution in [1.82, 2.24) is 5.43 Å². The highest BCUT2D eigenvalue weighted by Gasteiger charge is 2.05. The number of allylic oxidation sites excluding steroid dienone is 2. The van der Waals surface area contributed by atoms with Crippen LogP contribution in [0.15, 0.2) is 48.1 Å². The van der Waals surface area contributed by atoms with Crippen molar-refractivity contribution in [3.8, 4) is 0 Å². The molecule has 1 rings (SSSR count). The van der Waals surface area contributed by atoms with Crippen LogP contribution >= 0.6 is 0 Å². The molecule has 0 aliphatic heterocycles. The summed E-state index contributed by atoms with van der Waals surface area (Å²) in [4.78, 5) is 11.4. The summed E-state index contributed by atoms with van der Waals surface area (Å²) in [6, 6.07) is 9.79. The van der Waals surface area contributed by atoms with Crippen molar-refractivity contribution < 1.29 is 9.90 Å². The van der Waals surface area contributed by atoms with E-state index in [4.69, 9.17) is 10.9 Å². The summed E-state index contributed by atoms with van der Waals surface area (Å²) in [6.07, 6.45) is 6.46. The summed E-state index contributed by atoms with van der Waals surface area (Å²) in [7, 11) is 0. The van der Waals surface area contributed by atoms with E-state index in [1.54, 1.807) is 12.2 Å². The van der Waals surface area contributed by atoms with Gasteiger partial charge in [0, 0.05) is 12.2 Å². The minimum atomic E-state index is -0.318. The van der Waals surface area contributed by atoms with Crippen LogP contribution in [0, 0.1) is 0 Å². The molecule has 0 unspecified atom stereocenters. The Morgan fingerprint density at radius 1 is 1.33 bits per heavy atom. The van der Waals surface area contributed by atoms with E-state index >= 15 is 0 Å². The molecular formula is C14H18N2O2. The maximum atomic E-state index is 11.4. The second-order valence-electron chi connectivity index (χ2n) is 3.76. The summed E-state index contributed by atoms with van der Waals surface area (Å²) in [5.74, 6) is 4.78. The van der Waals surface area contributed by atoms with Crippen molar-refractivity contribution in [2.75, 3.05) is 6.61 Å². The molecule has 0 bridgehead atoms. The summed E-state index contributed by atoms with van der Waals surface area (Å²) >= 11 is 0. The van der Waals surface area contributed by atoms with Gasteiger partial charge in [-0.3, -0.25) is 10.2 Å². The van der Waals surface area contributed by atoms with E-state index in [2.05, 4.69) is 5.43 Å². The molecular weight excluding hydrogens is 228 g/mol. The molecule has 4 nitrogen and oxygen atoms in total. The van der Waals surface area contributed by atoms with E-state index in [0.29, 0.717) is 18.4 Å². The lowest BCUT2D eigenvalue weighted by Crippen LogP contribution is -2.31. The molecule has 0 radical (unpaired) electrons. The van der Waals surface area contributed by atoms with Crippen molar-refractivity contribution in [1.29, 1.82) is 0 Å². The van der Waals surface area contributed by atoms with E-state index in [0.717, 1.165) is 5.56 Å². The standard InChI is InChI=1S/C14H18N2O2/c15-16-14(18)13(10-5-11-17)9-4-8-12-6-2-1-3-7-12/h1-4,6-9,17H,5,10-11,15H2,(H,16,18). The van der Waals surface area contributed by atoms with Gasteiger partial charge in [-0.1, -0.05) is 48.6 Å². The predicted octanol–water partition coefficient (Wildman–Crippen LogP) is 1.39. The molecule has 0 spiro atoms. The Morgan fingerprint density at radius 3 is 2.67 bits per heavy atom. The maximum absolute atomic E-state index is 11.4. The molecule has 0 aromatic heterocycles. The van der Waals surface area contributed by atoms with Crippen LogP contribution < -0.4 is 11.3 Å². The molecule has 0 aliphatic rings. The fourth-order valence-electron chi connectivity index (χ4n) is 1.47. The first-order chi connectivity index (χ1) is 8.77. The Kier molecular flexibility index (Phi) is 6.46. The number of hydrazine groups is 1. The lowest BCUT2D eigenvalue weighted by atomic mass is 10.1. The molecule has 4 N–H and O–H groups in total. The second-order valence-corrected chi connectivity index (χ2v) is 3.76. The average molecular weight is 246 g/mol. The highest BCUT2D eigenvalue weighted by atomic mass is 16.3. The molecule has 4 heteroatoms. The number of rotatable bonds is 6. The molecule has 18 heavy (non-hydrogen) atoms. The number of hydrogen-bond acceptors (Lipinski definition) is 3. The Bertz CT molecular complexity index is 425. The lowest BCUT2D eigenvalue weighted by molar-refractivity contribution is -0.117. The molecule has 0 saturated heterocycles. The van der Waals surface area contributed by atoms with Gasteiger partial charge in [-0.15, -0.1) is 0 Å². The van der Waals surface area contributed by atoms with Crippen LogP contribution in [0.3, 0.4) is 0 Å². The number of benzene rings is 1. The summed E-state index contributed by atoms with van der Waals surface area (Å²) < 4.78 is 0. The molecule has 0 heterocycles. The van der Waals surface area contributed by atoms with Crippen LogP contribution in [-0.4, -0.2) is 17.6 Å². The number of carbonyl (C=O) groups is 1. The fourth-order valence-corrected chi connectivity index (χ4v) is 1.47. The summed E-state index contributed by atoms with van der Waals surface area (Å²) in [5.41, 5.74) is 3.71. The van der Waals surface area contributed by atoms with Crippen LogP contribution in [0.5, 0.6) is 0 Å². The van der Waals surface area contributed by atoms with Crippen LogP contribution in [0.25, 0.3) is 6.08 Å². The molecule has 0 atom stereocenters. The SMILES string of the molecule is NNC(=O)C(=CC=Cc1ccccc1)CCCO. The normalized spacial score (nSPS) is 11.8. The number of carbonyl (C=O) groups excluding carboxylic acids is 1. The number of aliphatic hydroxyl groups excluding tert-OH is 1. The van der Waals surface area contributed by atoms with Crippen molar-refractivity contribution in [3.63, 3.8) is 0 Å². The van der Waals surface area contributed by atoms with E-state index in [9.17, 15) is 4.79 Å². The van der Waals surface area contributed by atoms with Crippen LogP contribution in [0.2, 0.25) is 0 Å². The second kappa shape index (κ2) is 8.22. The number of aliphatic hydroxyl groups is 1. The van der Waals surface area contributed by atoms with E-state index in [-0.39, 0.29) is 12.5 Å². The van der Waals surface area contributed by atoms with Crippen molar-refractivity contribution in [2.24, 2.45) is 5.84 Å². The molecule has 1 aromatic rings. The van der Waals surface area contributed by atoms with Gasteiger partial charge >= 0.3 is 0 Å². The summed E-state index contributed by atoms with van der Waals surface area (Å²) in [6.45, 7) is 0.0532. The van der Waals surface area contributed by atoms with Crippen LogP contribution in [0.4, 0.5) is 0 Å². The highest BCUT2D eigenvalue weighted by molar-refractivity contribution is 5.93. The van der Waals surface area contributed by atoms with Gasteiger partial charge in [0.2, 0.25) is 0 Å². The van der Waals surface area contributed by atoms with Gasteiger partial charge in [-0.2, -0.15) is 0 Å². The average Bonchev–Trinajstić information content (AvgIpc) is 2.43. The third-order valence-corrected chi connectivity index (χ3v) is 2.41. The Labute approximate surface area is 107 Å². The Hall–Kier alpha value is -1.91. The van der Waals surface area contributed by atoms with Gasteiger partial charge in [0.1, 0.15) is 0 Å². The highest BCUT2D eigenvalue weighted by Crippen LogP contribution is 2.07. The largest absolute Gasteiger partial charge is 0.396 e. The van der Waals surface area contributed by atoms with Crippen LogP contribution in [0.1, 0.15) is 18.4 Å². The van der Waals surface area contributed by atoms with Crippen molar-refractivity contribution >= 4 is 12.0 Å². The predicted molar refractivity (Wildman–Crippen MR) is 72.2 cm³/mol. The minimum absolute atomic E-state index is 0.0532. The minimum Gasteiger partial charge on any atom is -0.396 e. The van der Waals surface area contributed by atoms with E-state index in [1.807, 2.05) is 36.4 Å². The number of amides is 1. The van der Waals surface area contributed by atoms with Gasteiger partial charge in [0.05, 0.1) is 0 Å². The van der Waals surface area contributed by atoms with Gasteiger partial charge in [-0.25, -0.2) is 5.84 Å². The zero-order chi connectivity index (χ0) is 13.2. The molecule has 96 valence electrons. The number of nitrogens with two attached hydrogens (primary N) is 1. The molecule has 1 aromatic carbocycles. The quantitative estimate of drug-likeness (QED) is 0.233.